The molecule has 3 aromatic heterocycles. The summed E-state index contributed by atoms with van der Waals surface area (Å²) in [5, 5.41) is 12.9. The predicted molar refractivity (Wildman–Crippen MR) is 117 cm³/mol. The number of methoxy groups -OCH3 is 1. The van der Waals surface area contributed by atoms with E-state index in [1.807, 2.05) is 0 Å². The molecule has 184 valence electrons. The fraction of sp³-hybridized carbons (Fsp3) is 0.524. The van der Waals surface area contributed by atoms with Gasteiger partial charge in [-0.2, -0.15) is 18.2 Å². The highest BCUT2D eigenvalue weighted by Crippen LogP contribution is 2.36. The summed E-state index contributed by atoms with van der Waals surface area (Å²) in [5.41, 5.74) is 0.380. The second kappa shape index (κ2) is 9.29. The molecular formula is C21H25F4N7O2. The first-order valence-corrected chi connectivity index (χ1v) is 10.7. The molecule has 0 aliphatic carbocycles. The molecule has 0 spiro atoms. The van der Waals surface area contributed by atoms with Crippen molar-refractivity contribution in [2.24, 2.45) is 0 Å². The van der Waals surface area contributed by atoms with Gasteiger partial charge in [0.1, 0.15) is 41.3 Å². The number of nitrogens with one attached hydrogen (secondary N) is 1. The Morgan fingerprint density at radius 3 is 2.62 bits per heavy atom. The minimum absolute atomic E-state index is 0.0861. The zero-order chi connectivity index (χ0) is 24.6. The quantitative estimate of drug-likeness (QED) is 0.512. The van der Waals surface area contributed by atoms with Gasteiger partial charge in [0.2, 0.25) is 5.95 Å². The van der Waals surface area contributed by atoms with Crippen LogP contribution in [0.25, 0.3) is 11.0 Å². The van der Waals surface area contributed by atoms with Crippen LogP contribution in [-0.4, -0.2) is 68.3 Å². The summed E-state index contributed by atoms with van der Waals surface area (Å²) in [6.45, 7) is 2.96. The van der Waals surface area contributed by atoms with Crippen molar-refractivity contribution < 1.29 is 27.4 Å². The minimum Gasteiger partial charge on any atom is -0.385 e. The van der Waals surface area contributed by atoms with Crippen molar-refractivity contribution >= 4 is 28.6 Å². The lowest BCUT2D eigenvalue weighted by Gasteiger charge is -2.33. The molecule has 4 atom stereocenters. The molecule has 3 aromatic rings. The van der Waals surface area contributed by atoms with Gasteiger partial charge in [0.05, 0.1) is 24.4 Å². The summed E-state index contributed by atoms with van der Waals surface area (Å²) in [6.07, 6.45) is -4.08. The number of ether oxygens (including phenoxy) is 1. The number of pyridine rings is 1. The van der Waals surface area contributed by atoms with E-state index in [2.05, 4.69) is 25.3 Å². The van der Waals surface area contributed by atoms with Gasteiger partial charge in [0, 0.05) is 25.9 Å². The number of halogens is 4. The van der Waals surface area contributed by atoms with Crippen LogP contribution < -0.4 is 10.2 Å². The van der Waals surface area contributed by atoms with Crippen molar-refractivity contribution in [3.8, 4) is 0 Å². The number of aliphatic hydroxyl groups is 1. The van der Waals surface area contributed by atoms with E-state index < -0.39 is 30.6 Å². The number of rotatable bonds is 6. The molecule has 0 saturated carbocycles. The third-order valence-electron chi connectivity index (χ3n) is 5.80. The summed E-state index contributed by atoms with van der Waals surface area (Å²) in [4.78, 5) is 18.7. The van der Waals surface area contributed by atoms with Crippen LogP contribution in [0, 0.1) is 0 Å². The van der Waals surface area contributed by atoms with Crippen LogP contribution in [0.1, 0.15) is 38.2 Å². The average molecular weight is 483 g/mol. The first-order valence-electron chi connectivity index (χ1n) is 10.7. The molecule has 4 rings (SSSR count). The Balaban J connectivity index is 1.62. The molecule has 0 amide bonds. The molecular weight excluding hydrogens is 458 g/mol. The Bertz CT molecular complexity index is 1150. The largest absolute Gasteiger partial charge is 0.408 e. The molecule has 1 aliphatic rings. The van der Waals surface area contributed by atoms with Gasteiger partial charge >= 0.3 is 6.18 Å². The first kappa shape index (κ1) is 24.1. The molecule has 0 radical (unpaired) electrons. The first-order chi connectivity index (χ1) is 16.1. The van der Waals surface area contributed by atoms with E-state index in [-0.39, 0.29) is 29.2 Å². The molecule has 1 fully saturated rings. The number of nitrogens with zero attached hydrogens (tertiary/aromatic N) is 6. The second-order valence-electron chi connectivity index (χ2n) is 8.18. The number of aliphatic hydroxyl groups excluding tert-OH is 1. The highest BCUT2D eigenvalue weighted by Gasteiger charge is 2.40. The van der Waals surface area contributed by atoms with Gasteiger partial charge < -0.3 is 24.6 Å². The average Bonchev–Trinajstić information content (AvgIpc) is 3.17. The highest BCUT2D eigenvalue weighted by molar-refractivity contribution is 5.79. The van der Waals surface area contributed by atoms with E-state index in [0.717, 1.165) is 11.5 Å². The molecule has 0 bridgehead atoms. The van der Waals surface area contributed by atoms with E-state index >= 15 is 0 Å². The Hall–Kier alpha value is -3.06. The maximum absolute atomic E-state index is 14.3. The van der Waals surface area contributed by atoms with Crippen LogP contribution in [0.15, 0.2) is 24.5 Å². The Kier molecular flexibility index (Phi) is 6.58. The van der Waals surface area contributed by atoms with Gasteiger partial charge in [-0.25, -0.2) is 19.3 Å². The zero-order valence-corrected chi connectivity index (χ0v) is 18.8. The van der Waals surface area contributed by atoms with Crippen LogP contribution >= 0.6 is 0 Å². The number of piperidine rings is 1. The minimum atomic E-state index is -4.54. The van der Waals surface area contributed by atoms with Gasteiger partial charge in [0.25, 0.3) is 0 Å². The van der Waals surface area contributed by atoms with Crippen LogP contribution in [0.3, 0.4) is 0 Å². The zero-order valence-electron chi connectivity index (χ0n) is 18.8. The summed E-state index contributed by atoms with van der Waals surface area (Å²) in [6, 6.07) is 1.08. The lowest BCUT2D eigenvalue weighted by atomic mass is 10.1. The highest BCUT2D eigenvalue weighted by atomic mass is 19.4. The number of fused-ring (bicyclic) bond motifs is 1. The summed E-state index contributed by atoms with van der Waals surface area (Å²) >= 11 is 0. The van der Waals surface area contributed by atoms with Crippen LogP contribution in [0.2, 0.25) is 0 Å². The lowest BCUT2D eigenvalue weighted by molar-refractivity contribution is -0.163. The number of hydrogen-bond donors (Lipinski definition) is 2. The third-order valence-corrected chi connectivity index (χ3v) is 5.80. The van der Waals surface area contributed by atoms with E-state index in [9.17, 15) is 22.7 Å². The van der Waals surface area contributed by atoms with Crippen molar-refractivity contribution in [2.75, 3.05) is 30.4 Å². The summed E-state index contributed by atoms with van der Waals surface area (Å²) in [7, 11) is 1.48. The van der Waals surface area contributed by atoms with Crippen molar-refractivity contribution in [2.45, 2.75) is 50.9 Å². The Morgan fingerprint density at radius 1 is 1.21 bits per heavy atom. The van der Waals surface area contributed by atoms with E-state index in [1.165, 1.54) is 32.5 Å². The van der Waals surface area contributed by atoms with Gasteiger partial charge in [0.15, 0.2) is 0 Å². The van der Waals surface area contributed by atoms with Crippen LogP contribution in [0.5, 0.6) is 0 Å². The maximum atomic E-state index is 14.3. The maximum Gasteiger partial charge on any atom is 0.408 e. The summed E-state index contributed by atoms with van der Waals surface area (Å²) in [5.74, 6) is 0.775. The van der Waals surface area contributed by atoms with Gasteiger partial charge in [-0.3, -0.25) is 0 Å². The number of alkyl halides is 4. The number of hydrogen-bond acceptors (Lipinski definition) is 8. The van der Waals surface area contributed by atoms with Crippen molar-refractivity contribution in [3.63, 3.8) is 0 Å². The standard InChI is InChI=1S/C21H25F4N7O2/c1-11(33)19-28-14-9-27-18(8-15(14)32(19)12(2)21(23,24)25)29-17-4-6-26-20(30-17)31-7-5-16(34-3)13(22)10-31/h4,6,8-9,11-13,16,33H,5,7,10H2,1-3H3,(H,26,27,29,30)/t11-,12-,13?,16?/m1/s1. The molecule has 2 N–H and O–H groups in total. The molecule has 4 heterocycles. The van der Waals surface area contributed by atoms with Gasteiger partial charge in [-0.05, 0) is 26.3 Å². The molecule has 1 aliphatic heterocycles. The van der Waals surface area contributed by atoms with Crippen molar-refractivity contribution in [3.05, 3.63) is 30.4 Å². The topological polar surface area (TPSA) is 101 Å². The van der Waals surface area contributed by atoms with Crippen molar-refractivity contribution in [1.82, 2.24) is 24.5 Å². The molecule has 9 nitrogen and oxygen atoms in total. The molecule has 34 heavy (non-hydrogen) atoms. The van der Waals surface area contributed by atoms with Crippen LogP contribution in [0.4, 0.5) is 35.1 Å². The predicted octanol–water partition coefficient (Wildman–Crippen LogP) is 3.70. The lowest BCUT2D eigenvalue weighted by Crippen LogP contribution is -2.46. The number of anilines is 3. The molecule has 1 saturated heterocycles. The van der Waals surface area contributed by atoms with E-state index in [4.69, 9.17) is 4.74 Å². The molecule has 2 unspecified atom stereocenters. The van der Waals surface area contributed by atoms with Gasteiger partial charge in [-0.15, -0.1) is 0 Å². The fourth-order valence-electron chi connectivity index (χ4n) is 3.97. The normalized spacial score (nSPS) is 21.0. The smallest absolute Gasteiger partial charge is 0.385 e. The Labute approximate surface area is 192 Å². The van der Waals surface area contributed by atoms with E-state index in [0.29, 0.717) is 24.7 Å². The number of aromatic nitrogens is 5. The second-order valence-corrected chi connectivity index (χ2v) is 8.18. The molecule has 0 aromatic carbocycles. The third kappa shape index (κ3) is 4.75. The summed E-state index contributed by atoms with van der Waals surface area (Å²) < 4.78 is 60.9. The van der Waals surface area contributed by atoms with Gasteiger partial charge in [-0.1, -0.05) is 0 Å². The SMILES string of the molecule is COC1CCN(c2nccc(Nc3cc4c(cn3)nc([C@@H](C)O)n4[C@H](C)C(F)(F)F)n2)CC1F. The van der Waals surface area contributed by atoms with Crippen LogP contribution in [-0.2, 0) is 4.74 Å². The Morgan fingerprint density at radius 2 is 1.97 bits per heavy atom. The number of imidazole rings is 1. The van der Waals surface area contributed by atoms with Crippen molar-refractivity contribution in [1.29, 1.82) is 0 Å². The monoisotopic (exact) mass is 483 g/mol. The van der Waals surface area contributed by atoms with E-state index in [1.54, 1.807) is 11.0 Å². The fourth-order valence-corrected chi connectivity index (χ4v) is 3.97. The molecule has 13 heteroatoms.